The molecule has 0 aliphatic heterocycles. The minimum Gasteiger partial charge on any atom is -0.395 e. The van der Waals surface area contributed by atoms with E-state index in [4.69, 9.17) is 16.7 Å². The van der Waals surface area contributed by atoms with E-state index in [2.05, 4.69) is 0 Å². The van der Waals surface area contributed by atoms with Crippen molar-refractivity contribution in [3.05, 3.63) is 0 Å². The summed E-state index contributed by atoms with van der Waals surface area (Å²) in [5.41, 5.74) is -0.536. The number of carbonyl (C=O) groups excluding carboxylic acids is 1. The molecule has 12 heavy (non-hydrogen) atoms. The van der Waals surface area contributed by atoms with Gasteiger partial charge in [-0.1, -0.05) is 13.8 Å². The predicted octanol–water partition coefficient (Wildman–Crippen LogP) is 0.702. The average Bonchev–Trinajstić information content (AvgIpc) is 1.85. The van der Waals surface area contributed by atoms with Gasteiger partial charge in [0.1, 0.15) is 0 Å². The van der Waals surface area contributed by atoms with Gasteiger partial charge in [-0.05, 0) is 18.6 Å². The number of aliphatic hydroxyl groups excluding tert-OH is 1. The molecular formula is C8H16ClNO2. The van der Waals surface area contributed by atoms with Crippen LogP contribution in [0.15, 0.2) is 0 Å². The van der Waals surface area contributed by atoms with E-state index in [1.165, 1.54) is 0 Å². The Kier molecular flexibility index (Phi) is 4.75. The molecular weight excluding hydrogens is 178 g/mol. The Morgan fingerprint density at radius 3 is 2.42 bits per heavy atom. The van der Waals surface area contributed by atoms with Crippen LogP contribution in [0.4, 0.5) is 0 Å². The van der Waals surface area contributed by atoms with Crippen LogP contribution in [0.1, 0.15) is 13.8 Å². The molecule has 0 atom stereocenters. The Hall–Kier alpha value is -0.120. The van der Waals surface area contributed by atoms with E-state index in [1.807, 2.05) is 11.9 Å². The number of carbonyl (C=O) groups is 1. The number of aliphatic hydroxyl groups is 1. The first kappa shape index (κ1) is 11.9. The van der Waals surface area contributed by atoms with E-state index in [0.29, 0.717) is 13.1 Å². The number of hydrogen-bond donors (Lipinski definition) is 1. The summed E-state index contributed by atoms with van der Waals surface area (Å²) in [5.74, 6) is 0. The Balaban J connectivity index is 3.96. The molecule has 0 aliphatic rings. The van der Waals surface area contributed by atoms with Gasteiger partial charge in [0.05, 0.1) is 12.0 Å². The van der Waals surface area contributed by atoms with Crippen molar-refractivity contribution in [3.63, 3.8) is 0 Å². The van der Waals surface area contributed by atoms with Crippen LogP contribution in [-0.2, 0) is 4.79 Å². The third kappa shape index (κ3) is 4.04. The summed E-state index contributed by atoms with van der Waals surface area (Å²) in [6, 6.07) is 0. The second kappa shape index (κ2) is 4.80. The van der Waals surface area contributed by atoms with Crippen LogP contribution in [0.25, 0.3) is 0 Å². The Labute approximate surface area is 78.3 Å². The molecule has 0 fully saturated rings. The first-order valence-electron chi connectivity index (χ1n) is 3.89. The lowest BCUT2D eigenvalue weighted by Crippen LogP contribution is -2.36. The number of nitrogens with zero attached hydrogens (tertiary/aromatic N) is 1. The molecule has 0 saturated carbocycles. The molecule has 0 unspecified atom stereocenters. The third-order valence-corrected chi connectivity index (χ3v) is 2.19. The second-order valence-corrected chi connectivity index (χ2v) is 3.96. The van der Waals surface area contributed by atoms with Crippen molar-refractivity contribution >= 4 is 16.8 Å². The fraction of sp³-hybridized carbons (Fsp3) is 0.875. The average molecular weight is 194 g/mol. The van der Waals surface area contributed by atoms with Crippen molar-refractivity contribution in [1.82, 2.24) is 4.90 Å². The second-order valence-electron chi connectivity index (χ2n) is 3.62. The lowest BCUT2D eigenvalue weighted by atomic mass is 9.95. The van der Waals surface area contributed by atoms with E-state index in [1.54, 1.807) is 13.8 Å². The Bertz CT molecular complexity index is 159. The normalized spacial score (nSPS) is 12.2. The largest absolute Gasteiger partial charge is 0.395 e. The molecule has 0 rings (SSSR count). The highest BCUT2D eigenvalue weighted by Crippen LogP contribution is 2.19. The standard InChI is InChI=1S/C8H16ClNO2/c1-8(2,7(9)12)6-10(3)4-5-11/h11H,4-6H2,1-3H3. The van der Waals surface area contributed by atoms with Gasteiger partial charge in [0.15, 0.2) is 0 Å². The highest BCUT2D eigenvalue weighted by Gasteiger charge is 2.26. The van der Waals surface area contributed by atoms with Crippen LogP contribution >= 0.6 is 11.6 Å². The maximum atomic E-state index is 10.9. The van der Waals surface area contributed by atoms with E-state index >= 15 is 0 Å². The zero-order valence-corrected chi connectivity index (χ0v) is 8.56. The number of hydrogen-bond acceptors (Lipinski definition) is 3. The van der Waals surface area contributed by atoms with Crippen molar-refractivity contribution in [3.8, 4) is 0 Å². The van der Waals surface area contributed by atoms with Crippen LogP contribution < -0.4 is 0 Å². The molecule has 0 aromatic heterocycles. The molecule has 0 saturated heterocycles. The summed E-state index contributed by atoms with van der Waals surface area (Å²) in [7, 11) is 1.85. The number of halogens is 1. The summed E-state index contributed by atoms with van der Waals surface area (Å²) in [6.07, 6.45) is 0. The fourth-order valence-corrected chi connectivity index (χ4v) is 1.05. The first-order chi connectivity index (χ1) is 5.40. The molecule has 0 spiro atoms. The topological polar surface area (TPSA) is 40.5 Å². The van der Waals surface area contributed by atoms with Gasteiger partial charge in [-0.3, -0.25) is 4.79 Å². The van der Waals surface area contributed by atoms with Crippen molar-refractivity contribution in [2.75, 3.05) is 26.7 Å². The molecule has 1 N–H and O–H groups in total. The van der Waals surface area contributed by atoms with Crippen LogP contribution in [0.2, 0.25) is 0 Å². The van der Waals surface area contributed by atoms with Crippen LogP contribution in [0.3, 0.4) is 0 Å². The van der Waals surface area contributed by atoms with Gasteiger partial charge >= 0.3 is 0 Å². The molecule has 0 amide bonds. The summed E-state index contributed by atoms with van der Waals surface area (Å²) < 4.78 is 0. The fourth-order valence-electron chi connectivity index (χ4n) is 0.987. The van der Waals surface area contributed by atoms with Gasteiger partial charge in [0.25, 0.3) is 0 Å². The third-order valence-electron chi connectivity index (χ3n) is 1.68. The van der Waals surface area contributed by atoms with Crippen molar-refractivity contribution in [2.45, 2.75) is 13.8 Å². The predicted molar refractivity (Wildman–Crippen MR) is 49.2 cm³/mol. The molecule has 72 valence electrons. The molecule has 0 aromatic carbocycles. The van der Waals surface area contributed by atoms with Crippen molar-refractivity contribution in [1.29, 1.82) is 0 Å². The quantitative estimate of drug-likeness (QED) is 0.654. The van der Waals surface area contributed by atoms with E-state index in [0.717, 1.165) is 0 Å². The summed E-state index contributed by atoms with van der Waals surface area (Å²) in [6.45, 7) is 4.80. The van der Waals surface area contributed by atoms with Crippen LogP contribution in [0.5, 0.6) is 0 Å². The van der Waals surface area contributed by atoms with E-state index in [9.17, 15) is 4.79 Å². The number of likely N-dealkylation sites (N-methyl/N-ethyl adjacent to an activating group) is 1. The molecule has 0 aliphatic carbocycles. The van der Waals surface area contributed by atoms with E-state index < -0.39 is 5.41 Å². The molecule has 0 bridgehead atoms. The monoisotopic (exact) mass is 193 g/mol. The minimum atomic E-state index is -0.536. The Morgan fingerprint density at radius 1 is 1.58 bits per heavy atom. The summed E-state index contributed by atoms with van der Waals surface area (Å²) in [4.78, 5) is 12.8. The molecule has 3 nitrogen and oxygen atoms in total. The zero-order chi connectivity index (χ0) is 9.78. The van der Waals surface area contributed by atoms with Gasteiger partial charge in [-0.25, -0.2) is 0 Å². The van der Waals surface area contributed by atoms with E-state index in [-0.39, 0.29) is 11.8 Å². The van der Waals surface area contributed by atoms with Gasteiger partial charge in [-0.15, -0.1) is 0 Å². The van der Waals surface area contributed by atoms with Gasteiger partial charge in [-0.2, -0.15) is 0 Å². The SMILES string of the molecule is CN(CCO)CC(C)(C)C(=O)Cl. The summed E-state index contributed by atoms with van der Waals surface area (Å²) in [5, 5.41) is 8.27. The van der Waals surface area contributed by atoms with Gasteiger partial charge in [0.2, 0.25) is 5.24 Å². The number of rotatable bonds is 5. The van der Waals surface area contributed by atoms with Gasteiger partial charge < -0.3 is 10.0 Å². The molecule has 0 radical (unpaired) electrons. The molecule has 0 aromatic rings. The molecule has 4 heteroatoms. The van der Waals surface area contributed by atoms with Crippen LogP contribution in [-0.4, -0.2) is 42.0 Å². The maximum absolute atomic E-state index is 10.9. The minimum absolute atomic E-state index is 0.100. The lowest BCUT2D eigenvalue weighted by molar-refractivity contribution is -0.119. The smallest absolute Gasteiger partial charge is 0.228 e. The highest BCUT2D eigenvalue weighted by molar-refractivity contribution is 6.64. The first-order valence-corrected chi connectivity index (χ1v) is 4.27. The van der Waals surface area contributed by atoms with Crippen molar-refractivity contribution < 1.29 is 9.90 Å². The summed E-state index contributed by atoms with van der Waals surface area (Å²) >= 11 is 5.39. The van der Waals surface area contributed by atoms with Crippen molar-refractivity contribution in [2.24, 2.45) is 5.41 Å². The van der Waals surface area contributed by atoms with Crippen LogP contribution in [0, 0.1) is 5.41 Å². The molecule has 0 heterocycles. The maximum Gasteiger partial charge on any atom is 0.228 e. The van der Waals surface area contributed by atoms with Gasteiger partial charge in [0, 0.05) is 13.1 Å². The zero-order valence-electron chi connectivity index (χ0n) is 7.80. The highest BCUT2D eigenvalue weighted by atomic mass is 35.5. The Morgan fingerprint density at radius 2 is 2.08 bits per heavy atom. The lowest BCUT2D eigenvalue weighted by Gasteiger charge is -2.26.